The highest BCUT2D eigenvalue weighted by molar-refractivity contribution is 9.10. The van der Waals surface area contributed by atoms with Crippen molar-refractivity contribution in [2.75, 3.05) is 7.11 Å². The van der Waals surface area contributed by atoms with Crippen molar-refractivity contribution in [1.29, 1.82) is 0 Å². The first-order valence-electron chi connectivity index (χ1n) is 6.55. The molecule has 24 heavy (non-hydrogen) atoms. The van der Waals surface area contributed by atoms with Crippen LogP contribution in [-0.4, -0.2) is 27.3 Å². The molecule has 2 aromatic carbocycles. The second-order valence-electron chi connectivity index (χ2n) is 4.67. The third-order valence-corrected chi connectivity index (χ3v) is 5.13. The smallest absolute Gasteiger partial charge is 0.266 e. The van der Waals surface area contributed by atoms with E-state index in [1.165, 1.54) is 37.4 Å². The van der Waals surface area contributed by atoms with Crippen LogP contribution in [0.15, 0.2) is 51.8 Å². The van der Waals surface area contributed by atoms with Crippen LogP contribution in [-0.2, 0) is 10.0 Å². The van der Waals surface area contributed by atoms with E-state index in [-0.39, 0.29) is 16.0 Å². The van der Waals surface area contributed by atoms with Crippen molar-refractivity contribution >= 4 is 37.8 Å². The van der Waals surface area contributed by atoms with Gasteiger partial charge in [-0.2, -0.15) is 0 Å². The maximum Gasteiger partial charge on any atom is 0.266 e. The minimum Gasteiger partial charge on any atom is -0.497 e. The molecule has 0 saturated heterocycles. The molecule has 2 rings (SSSR count). The molecular weight excluding hydrogens is 400 g/mol. The largest absolute Gasteiger partial charge is 0.497 e. The Labute approximate surface area is 147 Å². The Morgan fingerprint density at radius 3 is 2.29 bits per heavy atom. The molecule has 0 aliphatic carbocycles. The monoisotopic (exact) mass is 412 g/mol. The molecule has 9 heteroatoms. The number of methoxy groups -OCH3 is 1. The van der Waals surface area contributed by atoms with Crippen LogP contribution in [0.4, 0.5) is 0 Å². The number of halogens is 1. The molecule has 0 aliphatic rings. The third-order valence-electron chi connectivity index (χ3n) is 3.09. The van der Waals surface area contributed by atoms with Crippen molar-refractivity contribution in [2.45, 2.75) is 4.90 Å². The zero-order valence-electron chi connectivity index (χ0n) is 12.4. The van der Waals surface area contributed by atoms with Crippen LogP contribution in [0.5, 0.6) is 5.75 Å². The van der Waals surface area contributed by atoms with E-state index in [1.54, 1.807) is 12.1 Å². The summed E-state index contributed by atoms with van der Waals surface area (Å²) in [6.45, 7) is 0. The number of sulfonamides is 1. The van der Waals surface area contributed by atoms with Crippen molar-refractivity contribution in [3.8, 4) is 5.75 Å². The predicted molar refractivity (Wildman–Crippen MR) is 90.3 cm³/mol. The molecule has 0 bridgehead atoms. The molecule has 0 atom stereocenters. The van der Waals surface area contributed by atoms with Gasteiger partial charge in [0.15, 0.2) is 0 Å². The van der Waals surface area contributed by atoms with Crippen LogP contribution >= 0.6 is 15.9 Å². The van der Waals surface area contributed by atoms with Crippen LogP contribution in [0.2, 0.25) is 0 Å². The highest BCUT2D eigenvalue weighted by atomic mass is 79.9. The number of nitrogens with one attached hydrogen (secondary N) is 1. The summed E-state index contributed by atoms with van der Waals surface area (Å²) < 4.78 is 31.9. The summed E-state index contributed by atoms with van der Waals surface area (Å²) in [5, 5.41) is 0. The third kappa shape index (κ3) is 3.92. The summed E-state index contributed by atoms with van der Waals surface area (Å²) in [6, 6.07) is 9.52. The first-order chi connectivity index (χ1) is 11.2. The molecule has 2 amide bonds. The Morgan fingerprint density at radius 1 is 1.12 bits per heavy atom. The van der Waals surface area contributed by atoms with E-state index >= 15 is 0 Å². The number of carbonyl (C=O) groups is 2. The van der Waals surface area contributed by atoms with Crippen molar-refractivity contribution in [3.63, 3.8) is 0 Å². The lowest BCUT2D eigenvalue weighted by molar-refractivity contribution is 0.0976. The first kappa shape index (κ1) is 18.0. The maximum absolute atomic E-state index is 12.3. The van der Waals surface area contributed by atoms with E-state index in [4.69, 9.17) is 10.5 Å². The highest BCUT2D eigenvalue weighted by Gasteiger charge is 2.21. The number of primary amides is 1. The van der Waals surface area contributed by atoms with E-state index in [9.17, 15) is 18.0 Å². The second-order valence-corrected chi connectivity index (χ2v) is 7.21. The molecule has 0 aliphatic heterocycles. The van der Waals surface area contributed by atoms with Crippen molar-refractivity contribution in [3.05, 3.63) is 58.1 Å². The minimum atomic E-state index is -4.10. The number of ether oxygens (including phenoxy) is 1. The van der Waals surface area contributed by atoms with Crippen LogP contribution in [0.3, 0.4) is 0 Å². The standard InChI is InChI=1S/C15H13BrN2O5S/c1-23-10-4-7-13(16)12(8-10)15(20)18-24(21,22)11-5-2-9(3-6-11)14(17)19/h2-8H,1H3,(H2,17,19)(H,18,20). The fourth-order valence-corrected chi connectivity index (χ4v) is 3.23. The van der Waals surface area contributed by atoms with Gasteiger partial charge in [-0.15, -0.1) is 0 Å². The van der Waals surface area contributed by atoms with Gasteiger partial charge in [0.2, 0.25) is 5.91 Å². The average Bonchev–Trinajstić information content (AvgIpc) is 2.55. The summed E-state index contributed by atoms with van der Waals surface area (Å²) in [7, 11) is -2.67. The van der Waals surface area contributed by atoms with Gasteiger partial charge in [-0.1, -0.05) is 0 Å². The quantitative estimate of drug-likeness (QED) is 0.774. The van der Waals surface area contributed by atoms with Crippen LogP contribution in [0.25, 0.3) is 0 Å². The summed E-state index contributed by atoms with van der Waals surface area (Å²) >= 11 is 3.19. The molecule has 0 fully saturated rings. The molecule has 2 aromatic rings. The van der Waals surface area contributed by atoms with E-state index in [1.807, 2.05) is 4.72 Å². The number of benzene rings is 2. The average molecular weight is 413 g/mol. The van der Waals surface area contributed by atoms with Crippen molar-refractivity contribution in [1.82, 2.24) is 4.72 Å². The lowest BCUT2D eigenvalue weighted by Crippen LogP contribution is -2.30. The number of hydrogen-bond donors (Lipinski definition) is 2. The summed E-state index contributed by atoms with van der Waals surface area (Å²) in [4.78, 5) is 23.1. The van der Waals surface area contributed by atoms with Gasteiger partial charge in [-0.25, -0.2) is 13.1 Å². The Balaban J connectivity index is 2.28. The van der Waals surface area contributed by atoms with Crippen molar-refractivity contribution < 1.29 is 22.7 Å². The Morgan fingerprint density at radius 2 is 1.75 bits per heavy atom. The molecule has 0 aromatic heterocycles. The van der Waals surface area contributed by atoms with Crippen LogP contribution in [0.1, 0.15) is 20.7 Å². The van der Waals surface area contributed by atoms with Gasteiger partial charge in [-0.3, -0.25) is 9.59 Å². The molecule has 0 unspecified atom stereocenters. The molecule has 0 heterocycles. The molecule has 7 nitrogen and oxygen atoms in total. The number of hydrogen-bond acceptors (Lipinski definition) is 5. The molecule has 0 radical (unpaired) electrons. The fraction of sp³-hybridized carbons (Fsp3) is 0.0667. The minimum absolute atomic E-state index is 0.103. The number of nitrogens with two attached hydrogens (primary N) is 1. The SMILES string of the molecule is COc1ccc(Br)c(C(=O)NS(=O)(=O)c2ccc(C(N)=O)cc2)c1. The molecule has 3 N–H and O–H groups in total. The summed E-state index contributed by atoms with van der Waals surface area (Å²) in [6.07, 6.45) is 0. The predicted octanol–water partition coefficient (Wildman–Crippen LogP) is 1.68. The van der Waals surface area contributed by atoms with Gasteiger partial charge in [0, 0.05) is 10.0 Å². The van der Waals surface area contributed by atoms with Gasteiger partial charge in [0.25, 0.3) is 15.9 Å². The fourth-order valence-electron chi connectivity index (χ4n) is 1.84. The normalized spacial score (nSPS) is 10.9. The molecule has 126 valence electrons. The Hall–Kier alpha value is -2.39. The topological polar surface area (TPSA) is 116 Å². The van der Waals surface area contributed by atoms with Gasteiger partial charge >= 0.3 is 0 Å². The highest BCUT2D eigenvalue weighted by Crippen LogP contribution is 2.23. The Kier molecular flexibility index (Phi) is 5.25. The van der Waals surface area contributed by atoms with Crippen molar-refractivity contribution in [2.24, 2.45) is 5.73 Å². The molecular formula is C15H13BrN2O5S. The Bertz CT molecular complexity index is 895. The molecule has 0 spiro atoms. The number of amides is 2. The molecule has 0 saturated carbocycles. The zero-order valence-corrected chi connectivity index (χ0v) is 14.8. The van der Waals surface area contributed by atoms with Gasteiger partial charge in [0.1, 0.15) is 5.75 Å². The number of rotatable bonds is 5. The lowest BCUT2D eigenvalue weighted by atomic mass is 10.2. The summed E-state index contributed by atoms with van der Waals surface area (Å²) in [5.74, 6) is -1.09. The van der Waals surface area contributed by atoms with E-state index in [0.717, 1.165) is 0 Å². The van der Waals surface area contributed by atoms with E-state index < -0.39 is 21.8 Å². The van der Waals surface area contributed by atoms with Crippen LogP contribution < -0.4 is 15.2 Å². The first-order valence-corrected chi connectivity index (χ1v) is 8.83. The maximum atomic E-state index is 12.3. The summed E-state index contributed by atoms with van der Waals surface area (Å²) in [5.41, 5.74) is 5.36. The van der Waals surface area contributed by atoms with Gasteiger partial charge < -0.3 is 10.5 Å². The second kappa shape index (κ2) is 7.02. The van der Waals surface area contributed by atoms with Gasteiger partial charge in [-0.05, 0) is 58.4 Å². The van der Waals surface area contributed by atoms with Crippen LogP contribution in [0, 0.1) is 0 Å². The van der Waals surface area contributed by atoms with E-state index in [2.05, 4.69) is 15.9 Å². The number of carbonyl (C=O) groups excluding carboxylic acids is 2. The zero-order chi connectivity index (χ0) is 17.9. The van der Waals surface area contributed by atoms with Gasteiger partial charge in [0.05, 0.1) is 17.6 Å². The van der Waals surface area contributed by atoms with E-state index in [0.29, 0.717) is 10.2 Å². The lowest BCUT2D eigenvalue weighted by Gasteiger charge is -2.10.